The standard InChI is InChI=1S/C24H20F3NO2/c25-24(26,27)19-15-13-18(14-16-19)23(30)28-21-11-5-4-10-20(21)22(29)12-6-9-17-7-2-1-3-8-17/h1-5,7-8,10-11,13-16H,6,9,12H2,(H,28,30). The normalized spacial score (nSPS) is 11.2. The molecule has 0 aromatic heterocycles. The summed E-state index contributed by atoms with van der Waals surface area (Å²) in [5.41, 5.74) is 1.12. The summed E-state index contributed by atoms with van der Waals surface area (Å²) in [4.78, 5) is 25.1. The van der Waals surface area contributed by atoms with Crippen molar-refractivity contribution in [2.45, 2.75) is 25.4 Å². The van der Waals surface area contributed by atoms with Crippen LogP contribution in [0.2, 0.25) is 0 Å². The van der Waals surface area contributed by atoms with Crippen LogP contribution in [0.15, 0.2) is 78.9 Å². The Morgan fingerprint density at radius 3 is 2.10 bits per heavy atom. The van der Waals surface area contributed by atoms with E-state index in [1.807, 2.05) is 30.3 Å². The van der Waals surface area contributed by atoms with Crippen molar-refractivity contribution in [1.29, 1.82) is 0 Å². The van der Waals surface area contributed by atoms with Gasteiger partial charge in [-0.3, -0.25) is 9.59 Å². The summed E-state index contributed by atoms with van der Waals surface area (Å²) in [5, 5.41) is 2.63. The minimum Gasteiger partial charge on any atom is -0.321 e. The van der Waals surface area contributed by atoms with E-state index < -0.39 is 17.6 Å². The van der Waals surface area contributed by atoms with Crippen molar-refractivity contribution >= 4 is 17.4 Å². The zero-order valence-electron chi connectivity index (χ0n) is 16.1. The molecule has 3 rings (SSSR count). The molecular formula is C24H20F3NO2. The van der Waals surface area contributed by atoms with Gasteiger partial charge in [0.05, 0.1) is 11.3 Å². The molecule has 0 aliphatic heterocycles. The van der Waals surface area contributed by atoms with Gasteiger partial charge in [0.1, 0.15) is 0 Å². The van der Waals surface area contributed by atoms with Crippen LogP contribution in [0.4, 0.5) is 18.9 Å². The lowest BCUT2D eigenvalue weighted by Gasteiger charge is -2.11. The van der Waals surface area contributed by atoms with Gasteiger partial charge in [0, 0.05) is 17.5 Å². The number of Topliss-reactive ketones (excluding diaryl/α,β-unsaturated/α-hetero) is 1. The Morgan fingerprint density at radius 2 is 1.43 bits per heavy atom. The van der Waals surface area contributed by atoms with Crippen LogP contribution in [0.1, 0.15) is 44.7 Å². The highest BCUT2D eigenvalue weighted by Gasteiger charge is 2.30. The molecule has 0 bridgehead atoms. The molecule has 154 valence electrons. The maximum Gasteiger partial charge on any atom is 0.416 e. The first-order chi connectivity index (χ1) is 14.3. The zero-order valence-corrected chi connectivity index (χ0v) is 16.1. The Bertz CT molecular complexity index is 1010. The highest BCUT2D eigenvalue weighted by Crippen LogP contribution is 2.29. The summed E-state index contributed by atoms with van der Waals surface area (Å²) in [6.45, 7) is 0. The van der Waals surface area contributed by atoms with Crippen LogP contribution in [0.5, 0.6) is 0 Å². The van der Waals surface area contributed by atoms with Gasteiger partial charge in [-0.1, -0.05) is 42.5 Å². The number of para-hydroxylation sites is 1. The van der Waals surface area contributed by atoms with Crippen molar-refractivity contribution in [2.24, 2.45) is 0 Å². The first kappa shape index (κ1) is 21.3. The largest absolute Gasteiger partial charge is 0.416 e. The van der Waals surface area contributed by atoms with Crippen molar-refractivity contribution in [3.8, 4) is 0 Å². The average Bonchev–Trinajstić information content (AvgIpc) is 2.74. The smallest absolute Gasteiger partial charge is 0.321 e. The number of ketones is 1. The molecule has 0 heterocycles. The number of rotatable bonds is 7. The van der Waals surface area contributed by atoms with E-state index in [0.29, 0.717) is 24.1 Å². The fourth-order valence-electron chi connectivity index (χ4n) is 3.07. The summed E-state index contributed by atoms with van der Waals surface area (Å²) in [6, 6.07) is 20.4. The van der Waals surface area contributed by atoms with Crippen molar-refractivity contribution in [2.75, 3.05) is 5.32 Å². The molecule has 0 saturated heterocycles. The Morgan fingerprint density at radius 1 is 0.800 bits per heavy atom. The van der Waals surface area contributed by atoms with E-state index in [1.165, 1.54) is 0 Å². The predicted octanol–water partition coefficient (Wildman–Crippen LogP) is 6.16. The van der Waals surface area contributed by atoms with Crippen LogP contribution in [0.25, 0.3) is 0 Å². The summed E-state index contributed by atoms with van der Waals surface area (Å²) in [5.74, 6) is -0.678. The SMILES string of the molecule is O=C(Nc1ccccc1C(=O)CCCc1ccccc1)c1ccc(C(F)(F)F)cc1. The first-order valence-corrected chi connectivity index (χ1v) is 9.49. The van der Waals surface area contributed by atoms with E-state index in [2.05, 4.69) is 5.32 Å². The third kappa shape index (κ3) is 5.56. The monoisotopic (exact) mass is 411 g/mol. The number of carbonyl (C=O) groups excluding carboxylic acids is 2. The molecule has 0 spiro atoms. The summed E-state index contributed by atoms with van der Waals surface area (Å²) in [6.07, 6.45) is -2.70. The molecule has 30 heavy (non-hydrogen) atoms. The Kier molecular flexibility index (Phi) is 6.67. The predicted molar refractivity (Wildman–Crippen MR) is 110 cm³/mol. The number of hydrogen-bond acceptors (Lipinski definition) is 2. The number of alkyl halides is 3. The lowest BCUT2D eigenvalue weighted by atomic mass is 10.0. The molecule has 0 aliphatic carbocycles. The van der Waals surface area contributed by atoms with E-state index in [0.717, 1.165) is 36.2 Å². The third-order valence-corrected chi connectivity index (χ3v) is 4.66. The highest BCUT2D eigenvalue weighted by atomic mass is 19.4. The van der Waals surface area contributed by atoms with E-state index >= 15 is 0 Å². The molecule has 0 fully saturated rings. The molecule has 0 radical (unpaired) electrons. The molecule has 0 aliphatic rings. The lowest BCUT2D eigenvalue weighted by Crippen LogP contribution is -2.15. The molecule has 0 unspecified atom stereocenters. The number of amides is 1. The van der Waals surface area contributed by atoms with Crippen molar-refractivity contribution in [3.05, 3.63) is 101 Å². The van der Waals surface area contributed by atoms with Crippen LogP contribution in [-0.4, -0.2) is 11.7 Å². The van der Waals surface area contributed by atoms with Gasteiger partial charge in [0.2, 0.25) is 0 Å². The minimum absolute atomic E-state index is 0.0781. The van der Waals surface area contributed by atoms with Crippen LogP contribution < -0.4 is 5.32 Å². The molecular weight excluding hydrogens is 391 g/mol. The molecule has 1 N–H and O–H groups in total. The van der Waals surface area contributed by atoms with E-state index in [-0.39, 0.29) is 11.3 Å². The molecule has 3 nitrogen and oxygen atoms in total. The number of nitrogens with one attached hydrogen (secondary N) is 1. The second-order valence-electron chi connectivity index (χ2n) is 6.84. The molecule has 3 aromatic rings. The maximum atomic E-state index is 12.7. The topological polar surface area (TPSA) is 46.2 Å². The van der Waals surface area contributed by atoms with Crippen molar-refractivity contribution in [3.63, 3.8) is 0 Å². The fourth-order valence-corrected chi connectivity index (χ4v) is 3.07. The van der Waals surface area contributed by atoms with Gasteiger partial charge < -0.3 is 5.32 Å². The number of halogens is 3. The quantitative estimate of drug-likeness (QED) is 0.473. The van der Waals surface area contributed by atoms with E-state index in [9.17, 15) is 22.8 Å². The number of hydrogen-bond donors (Lipinski definition) is 1. The Labute approximate surface area is 172 Å². The highest BCUT2D eigenvalue weighted by molar-refractivity contribution is 6.09. The number of benzene rings is 3. The van der Waals surface area contributed by atoms with Gasteiger partial charge >= 0.3 is 6.18 Å². The summed E-state index contributed by atoms with van der Waals surface area (Å²) in [7, 11) is 0. The summed E-state index contributed by atoms with van der Waals surface area (Å²) >= 11 is 0. The van der Waals surface area contributed by atoms with Gasteiger partial charge in [-0.25, -0.2) is 0 Å². The molecule has 3 aromatic carbocycles. The van der Waals surface area contributed by atoms with Crippen LogP contribution in [0.3, 0.4) is 0 Å². The van der Waals surface area contributed by atoms with Gasteiger partial charge in [-0.05, 0) is 54.8 Å². The number of carbonyl (C=O) groups is 2. The molecule has 6 heteroatoms. The number of aryl methyl sites for hydroxylation is 1. The average molecular weight is 411 g/mol. The number of anilines is 1. The van der Waals surface area contributed by atoms with Crippen molar-refractivity contribution < 1.29 is 22.8 Å². The van der Waals surface area contributed by atoms with Crippen LogP contribution in [0, 0.1) is 0 Å². The van der Waals surface area contributed by atoms with Gasteiger partial charge in [0.15, 0.2) is 5.78 Å². The summed E-state index contributed by atoms with van der Waals surface area (Å²) < 4.78 is 38.0. The maximum absolute atomic E-state index is 12.7. The first-order valence-electron chi connectivity index (χ1n) is 9.49. The van der Waals surface area contributed by atoms with E-state index in [1.54, 1.807) is 24.3 Å². The third-order valence-electron chi connectivity index (χ3n) is 4.66. The Hall–Kier alpha value is -3.41. The second-order valence-corrected chi connectivity index (χ2v) is 6.84. The van der Waals surface area contributed by atoms with Crippen LogP contribution in [-0.2, 0) is 12.6 Å². The molecule has 0 saturated carbocycles. The Balaban J connectivity index is 1.65. The van der Waals surface area contributed by atoms with Crippen LogP contribution >= 0.6 is 0 Å². The molecule has 0 atom stereocenters. The second kappa shape index (κ2) is 9.39. The zero-order chi connectivity index (χ0) is 21.6. The fraction of sp³-hybridized carbons (Fsp3) is 0.167. The molecule has 1 amide bonds. The van der Waals surface area contributed by atoms with Crippen molar-refractivity contribution in [1.82, 2.24) is 0 Å². The van der Waals surface area contributed by atoms with Gasteiger partial charge in [0.25, 0.3) is 5.91 Å². The van der Waals surface area contributed by atoms with Gasteiger partial charge in [-0.15, -0.1) is 0 Å². The minimum atomic E-state index is -4.46. The van der Waals surface area contributed by atoms with E-state index in [4.69, 9.17) is 0 Å². The van der Waals surface area contributed by atoms with Gasteiger partial charge in [-0.2, -0.15) is 13.2 Å². The lowest BCUT2D eigenvalue weighted by molar-refractivity contribution is -0.137.